The molecule has 4 amide bonds. The number of aromatic nitrogens is 1. The topological polar surface area (TPSA) is 133 Å². The molecule has 2 aromatic carbocycles. The van der Waals surface area contributed by atoms with Crippen LogP contribution >= 0.6 is 0 Å². The molecular formula is C27H26N6O5. The lowest BCUT2D eigenvalue weighted by atomic mass is 10.0. The number of hydrogen-bond donors (Lipinski definition) is 2. The largest absolute Gasteiger partial charge is 0.465 e. The Morgan fingerprint density at radius 3 is 2.50 bits per heavy atom. The van der Waals surface area contributed by atoms with E-state index in [2.05, 4.69) is 20.6 Å². The fourth-order valence-electron chi connectivity index (χ4n) is 3.80. The number of ether oxygens (including phenoxy) is 1. The Morgan fingerprint density at radius 2 is 1.79 bits per heavy atom. The zero-order valence-corrected chi connectivity index (χ0v) is 21.0. The summed E-state index contributed by atoms with van der Waals surface area (Å²) in [5.74, 6) is -1.47. The van der Waals surface area contributed by atoms with Crippen LogP contribution in [0.4, 0.5) is 16.2 Å². The first kappa shape index (κ1) is 26.0. The average Bonchev–Trinajstić information content (AvgIpc) is 3.03. The van der Waals surface area contributed by atoms with Crippen molar-refractivity contribution in [3.8, 4) is 0 Å². The van der Waals surface area contributed by atoms with Gasteiger partial charge in [-0.2, -0.15) is 0 Å². The maximum Gasteiger partial charge on any atom is 0.337 e. The highest BCUT2D eigenvalue weighted by Crippen LogP contribution is 2.28. The van der Waals surface area contributed by atoms with Crippen molar-refractivity contribution in [1.29, 1.82) is 0 Å². The van der Waals surface area contributed by atoms with Gasteiger partial charge >= 0.3 is 12.0 Å². The van der Waals surface area contributed by atoms with E-state index in [0.717, 1.165) is 0 Å². The molecule has 3 aromatic rings. The van der Waals surface area contributed by atoms with E-state index in [4.69, 9.17) is 4.74 Å². The van der Waals surface area contributed by atoms with Crippen LogP contribution in [0.15, 0.2) is 77.9 Å². The highest BCUT2D eigenvalue weighted by molar-refractivity contribution is 6.20. The van der Waals surface area contributed by atoms with E-state index in [1.165, 1.54) is 23.0 Å². The van der Waals surface area contributed by atoms with Crippen LogP contribution < -0.4 is 15.5 Å². The molecule has 0 fully saturated rings. The minimum atomic E-state index is -1.38. The van der Waals surface area contributed by atoms with E-state index in [-0.39, 0.29) is 18.0 Å². The molecule has 1 aromatic heterocycles. The van der Waals surface area contributed by atoms with Crippen molar-refractivity contribution in [2.24, 2.45) is 4.99 Å². The number of benzodiazepines with no additional fused rings is 1. The fourth-order valence-corrected chi connectivity index (χ4v) is 3.80. The van der Waals surface area contributed by atoms with Crippen LogP contribution in [0, 0.1) is 0 Å². The van der Waals surface area contributed by atoms with Crippen LogP contribution in [-0.2, 0) is 14.3 Å². The molecule has 0 aliphatic carbocycles. The summed E-state index contributed by atoms with van der Waals surface area (Å²) < 4.78 is 4.72. The van der Waals surface area contributed by atoms with E-state index in [1.807, 2.05) is 0 Å². The number of nitrogens with one attached hydrogen (secondary N) is 2. The van der Waals surface area contributed by atoms with Crippen molar-refractivity contribution < 1.29 is 23.9 Å². The van der Waals surface area contributed by atoms with Crippen molar-refractivity contribution in [2.45, 2.75) is 6.17 Å². The number of anilines is 2. The van der Waals surface area contributed by atoms with Gasteiger partial charge in [-0.15, -0.1) is 0 Å². The molecule has 11 nitrogen and oxygen atoms in total. The third-order valence-corrected chi connectivity index (χ3v) is 5.72. The first-order valence-electron chi connectivity index (χ1n) is 11.6. The summed E-state index contributed by atoms with van der Waals surface area (Å²) in [6.45, 7) is -0.255. The number of para-hydroxylation sites is 1. The molecule has 11 heteroatoms. The molecule has 194 valence electrons. The number of fused-ring (bicyclic) bond motifs is 1. The zero-order chi connectivity index (χ0) is 27.2. The van der Waals surface area contributed by atoms with Gasteiger partial charge in [0, 0.05) is 31.5 Å². The molecule has 0 saturated heterocycles. The molecule has 0 saturated carbocycles. The standard InChI is InChI=1S/C27H26N6O5/c1-32(2)22(34)16-33-21-13-5-4-11-19(21)23(20-12-6-7-14-28-20)30-24(25(33)35)31-27(37)29-18-10-8-9-17(15-18)26(36)38-3/h4-15,24H,16H2,1-3H3,(H2,29,31,37). The molecule has 0 radical (unpaired) electrons. The minimum Gasteiger partial charge on any atom is -0.465 e. The number of nitrogens with zero attached hydrogens (tertiary/aromatic N) is 4. The summed E-state index contributed by atoms with van der Waals surface area (Å²) in [5, 5.41) is 5.20. The molecule has 0 spiro atoms. The highest BCUT2D eigenvalue weighted by Gasteiger charge is 2.34. The summed E-state index contributed by atoms with van der Waals surface area (Å²) in [6, 6.07) is 17.8. The molecule has 1 atom stereocenters. The number of pyridine rings is 1. The number of benzene rings is 2. The number of methoxy groups -OCH3 is 1. The van der Waals surface area contributed by atoms with Gasteiger partial charge in [0.1, 0.15) is 6.54 Å². The van der Waals surface area contributed by atoms with E-state index in [1.54, 1.807) is 81.0 Å². The van der Waals surface area contributed by atoms with Crippen LogP contribution in [0.25, 0.3) is 0 Å². The number of urea groups is 1. The number of hydrogen-bond acceptors (Lipinski definition) is 7. The minimum absolute atomic E-state index is 0.245. The summed E-state index contributed by atoms with van der Waals surface area (Å²) in [7, 11) is 4.45. The Morgan fingerprint density at radius 1 is 1.03 bits per heavy atom. The van der Waals surface area contributed by atoms with Gasteiger partial charge in [-0.05, 0) is 36.4 Å². The first-order valence-corrected chi connectivity index (χ1v) is 11.6. The molecule has 0 bridgehead atoms. The molecule has 1 aliphatic heterocycles. The molecule has 38 heavy (non-hydrogen) atoms. The normalized spacial score (nSPS) is 14.5. The Balaban J connectivity index is 1.71. The zero-order valence-electron chi connectivity index (χ0n) is 21.0. The number of likely N-dealkylation sites (N-methyl/N-ethyl adjacent to an activating group) is 1. The van der Waals surface area contributed by atoms with Crippen LogP contribution in [0.3, 0.4) is 0 Å². The van der Waals surface area contributed by atoms with Crippen LogP contribution in [0.5, 0.6) is 0 Å². The summed E-state index contributed by atoms with van der Waals surface area (Å²) in [5.41, 5.74) is 2.48. The van der Waals surface area contributed by atoms with Gasteiger partial charge < -0.3 is 20.3 Å². The van der Waals surface area contributed by atoms with Crippen LogP contribution in [0.1, 0.15) is 21.6 Å². The third kappa shape index (κ3) is 5.67. The SMILES string of the molecule is COC(=O)c1cccc(NC(=O)NC2N=C(c3ccccn3)c3ccccc3N(CC(=O)N(C)C)C2=O)c1. The van der Waals surface area contributed by atoms with Gasteiger partial charge in [0.2, 0.25) is 12.1 Å². The Labute approximate surface area is 219 Å². The molecule has 2 N–H and O–H groups in total. The lowest BCUT2D eigenvalue weighted by molar-refractivity contribution is -0.129. The first-order chi connectivity index (χ1) is 18.3. The van der Waals surface area contributed by atoms with Crippen molar-refractivity contribution in [2.75, 3.05) is 38.0 Å². The molecule has 1 unspecified atom stereocenters. The van der Waals surface area contributed by atoms with Crippen LogP contribution in [0.2, 0.25) is 0 Å². The van der Waals surface area contributed by atoms with Crippen molar-refractivity contribution in [3.63, 3.8) is 0 Å². The number of aliphatic imine (C=N–C) groups is 1. The highest BCUT2D eigenvalue weighted by atomic mass is 16.5. The second-order valence-corrected chi connectivity index (χ2v) is 8.50. The van der Waals surface area contributed by atoms with Crippen molar-refractivity contribution in [3.05, 3.63) is 89.7 Å². The Bertz CT molecular complexity index is 1410. The predicted octanol–water partition coefficient (Wildman–Crippen LogP) is 2.29. The summed E-state index contributed by atoms with van der Waals surface area (Å²) >= 11 is 0. The van der Waals surface area contributed by atoms with Gasteiger partial charge in [0.25, 0.3) is 5.91 Å². The molecule has 4 rings (SSSR count). The number of carbonyl (C=O) groups excluding carboxylic acids is 4. The number of esters is 1. The lowest BCUT2D eigenvalue weighted by Crippen LogP contribution is -2.51. The Hall–Kier alpha value is -5.06. The van der Waals surface area contributed by atoms with Crippen molar-refractivity contribution in [1.82, 2.24) is 15.2 Å². The van der Waals surface area contributed by atoms with Gasteiger partial charge in [0.05, 0.1) is 29.8 Å². The van der Waals surface area contributed by atoms with Gasteiger partial charge in [0.15, 0.2) is 0 Å². The summed E-state index contributed by atoms with van der Waals surface area (Å²) in [6.07, 6.45) is 0.224. The van der Waals surface area contributed by atoms with Crippen molar-refractivity contribution >= 4 is 40.9 Å². The second-order valence-electron chi connectivity index (χ2n) is 8.50. The van der Waals surface area contributed by atoms with E-state index in [9.17, 15) is 19.2 Å². The fraction of sp³-hybridized carbons (Fsp3) is 0.185. The smallest absolute Gasteiger partial charge is 0.337 e. The average molecular weight is 515 g/mol. The predicted molar refractivity (Wildman–Crippen MR) is 141 cm³/mol. The maximum absolute atomic E-state index is 13.7. The number of amides is 4. The summed E-state index contributed by atoms with van der Waals surface area (Å²) in [4.78, 5) is 62.9. The molecule has 2 heterocycles. The number of carbonyl (C=O) groups is 4. The quantitative estimate of drug-likeness (QED) is 0.485. The number of rotatable bonds is 6. The van der Waals surface area contributed by atoms with Gasteiger partial charge in [-0.25, -0.2) is 14.6 Å². The second kappa shape index (κ2) is 11.3. The maximum atomic E-state index is 13.7. The Kier molecular flexibility index (Phi) is 7.76. The monoisotopic (exact) mass is 514 g/mol. The van der Waals surface area contributed by atoms with E-state index < -0.39 is 24.1 Å². The van der Waals surface area contributed by atoms with Crippen LogP contribution in [-0.4, -0.2) is 73.3 Å². The molecule has 1 aliphatic rings. The molecular weight excluding hydrogens is 488 g/mol. The third-order valence-electron chi connectivity index (χ3n) is 5.72. The van der Waals surface area contributed by atoms with E-state index >= 15 is 0 Å². The van der Waals surface area contributed by atoms with Gasteiger partial charge in [-0.3, -0.25) is 19.5 Å². The van der Waals surface area contributed by atoms with E-state index in [0.29, 0.717) is 28.3 Å². The van der Waals surface area contributed by atoms with Gasteiger partial charge in [-0.1, -0.05) is 30.3 Å². The lowest BCUT2D eigenvalue weighted by Gasteiger charge is -2.26.